The maximum atomic E-state index is 13.5. The zero-order valence-corrected chi connectivity index (χ0v) is 21.5. The fourth-order valence-corrected chi connectivity index (χ4v) is 4.70. The number of rotatable bonds is 7. The number of hydrogen-bond acceptors (Lipinski definition) is 7. The van der Waals surface area contributed by atoms with Crippen molar-refractivity contribution in [3.05, 3.63) is 81.9 Å². The van der Waals surface area contributed by atoms with Crippen molar-refractivity contribution in [2.75, 3.05) is 25.7 Å². The number of nitrogens with zero attached hydrogens (tertiary/aromatic N) is 1. The number of benzene rings is 3. The molecule has 0 spiro atoms. The number of phenolic OH excluding ortho intramolecular Hbond substituents is 1. The first-order valence-corrected chi connectivity index (χ1v) is 11.8. The van der Waals surface area contributed by atoms with Crippen LogP contribution in [-0.2, 0) is 9.59 Å². The van der Waals surface area contributed by atoms with Gasteiger partial charge in [-0.05, 0) is 67.4 Å². The van der Waals surface area contributed by atoms with Crippen molar-refractivity contribution in [1.29, 1.82) is 0 Å². The van der Waals surface area contributed by atoms with Gasteiger partial charge in [-0.3, -0.25) is 14.5 Å². The Hall–Kier alpha value is -4.17. The summed E-state index contributed by atoms with van der Waals surface area (Å²) in [5.41, 5.74) is 1.49. The summed E-state index contributed by atoms with van der Waals surface area (Å²) in [4.78, 5) is 28.4. The lowest BCUT2D eigenvalue weighted by atomic mass is 9.94. The summed E-state index contributed by atoms with van der Waals surface area (Å²) in [6.45, 7) is 3.82. The fraction of sp³-hybridized carbons (Fsp3) is 0.214. The van der Waals surface area contributed by atoms with Gasteiger partial charge < -0.3 is 24.4 Å². The van der Waals surface area contributed by atoms with Gasteiger partial charge in [0.05, 0.1) is 32.4 Å². The molecule has 1 amide bonds. The second kappa shape index (κ2) is 10.4. The predicted octanol–water partition coefficient (Wildman–Crippen LogP) is 5.40. The summed E-state index contributed by atoms with van der Waals surface area (Å²) in [7, 11) is 2.85. The summed E-state index contributed by atoms with van der Waals surface area (Å²) in [5.74, 6) is -1.61. The molecule has 0 aliphatic carbocycles. The third kappa shape index (κ3) is 4.56. The van der Waals surface area contributed by atoms with Crippen LogP contribution in [0.3, 0.4) is 0 Å². The Morgan fingerprint density at radius 2 is 1.68 bits per heavy atom. The summed E-state index contributed by atoms with van der Waals surface area (Å²) < 4.78 is 16.4. The number of carbonyl (C=O) groups excluding carboxylic acids is 2. The number of aromatic hydroxyl groups is 1. The van der Waals surface area contributed by atoms with Crippen molar-refractivity contribution in [2.24, 2.45) is 0 Å². The molecule has 0 radical (unpaired) electrons. The Labute approximate surface area is 219 Å². The van der Waals surface area contributed by atoms with Gasteiger partial charge in [0.15, 0.2) is 11.5 Å². The lowest BCUT2D eigenvalue weighted by Gasteiger charge is -2.27. The van der Waals surface area contributed by atoms with Crippen molar-refractivity contribution >= 4 is 34.7 Å². The Balaban J connectivity index is 2.05. The van der Waals surface area contributed by atoms with Gasteiger partial charge in [-0.2, -0.15) is 0 Å². The number of aryl methyl sites for hydroxylation is 1. The number of methoxy groups -OCH3 is 2. The number of amides is 1. The molecule has 4 rings (SSSR count). The highest BCUT2D eigenvalue weighted by molar-refractivity contribution is 6.52. The average molecular weight is 524 g/mol. The molecule has 0 saturated carbocycles. The van der Waals surface area contributed by atoms with Crippen LogP contribution in [0.5, 0.6) is 23.0 Å². The van der Waals surface area contributed by atoms with Crippen molar-refractivity contribution in [2.45, 2.75) is 19.9 Å². The predicted molar refractivity (Wildman–Crippen MR) is 140 cm³/mol. The Kier molecular flexibility index (Phi) is 7.31. The van der Waals surface area contributed by atoms with Crippen molar-refractivity contribution in [3.63, 3.8) is 0 Å². The largest absolute Gasteiger partial charge is 0.506 e. The van der Waals surface area contributed by atoms with Gasteiger partial charge in [-0.25, -0.2) is 0 Å². The molecule has 0 aromatic heterocycles. The van der Waals surface area contributed by atoms with E-state index in [2.05, 4.69) is 0 Å². The zero-order valence-electron chi connectivity index (χ0n) is 20.7. The molecule has 0 bridgehead atoms. The highest BCUT2D eigenvalue weighted by Crippen LogP contribution is 2.47. The van der Waals surface area contributed by atoms with Crippen LogP contribution >= 0.6 is 11.6 Å². The SMILES string of the molecule is CCOc1cc(C2/C(=C(\O)c3c(OC)cccc3OC)C(=O)C(=O)N2c2ccc(Cl)cc2C)ccc1O. The van der Waals surface area contributed by atoms with Gasteiger partial charge in [-0.15, -0.1) is 0 Å². The van der Waals surface area contributed by atoms with E-state index in [0.717, 1.165) is 0 Å². The van der Waals surface area contributed by atoms with E-state index in [9.17, 15) is 19.8 Å². The number of aliphatic hydroxyl groups excluding tert-OH is 1. The van der Waals surface area contributed by atoms with Crippen molar-refractivity contribution < 1.29 is 34.0 Å². The van der Waals surface area contributed by atoms with Crippen LogP contribution in [-0.4, -0.2) is 42.7 Å². The quantitative estimate of drug-likeness (QED) is 0.243. The normalized spacial score (nSPS) is 16.7. The van der Waals surface area contributed by atoms with Gasteiger partial charge in [0.2, 0.25) is 0 Å². The number of aliphatic hydroxyl groups is 1. The zero-order chi connectivity index (χ0) is 26.9. The first-order valence-electron chi connectivity index (χ1n) is 11.5. The van der Waals surface area contributed by atoms with E-state index in [4.69, 9.17) is 25.8 Å². The second-order valence-electron chi connectivity index (χ2n) is 8.30. The molecular formula is C28H26ClNO7. The minimum Gasteiger partial charge on any atom is -0.506 e. The number of carbonyl (C=O) groups is 2. The van der Waals surface area contributed by atoms with Gasteiger partial charge in [0.25, 0.3) is 11.7 Å². The van der Waals surface area contributed by atoms with Gasteiger partial charge >= 0.3 is 0 Å². The monoisotopic (exact) mass is 523 g/mol. The van der Waals surface area contributed by atoms with Crippen LogP contribution < -0.4 is 19.1 Å². The summed E-state index contributed by atoms with van der Waals surface area (Å²) in [6, 6.07) is 13.3. The number of ether oxygens (including phenoxy) is 3. The Morgan fingerprint density at radius 1 is 1.00 bits per heavy atom. The second-order valence-corrected chi connectivity index (χ2v) is 8.73. The molecule has 37 heavy (non-hydrogen) atoms. The molecule has 1 aliphatic rings. The van der Waals surface area contributed by atoms with E-state index in [0.29, 0.717) is 21.8 Å². The third-order valence-electron chi connectivity index (χ3n) is 6.13. The van der Waals surface area contributed by atoms with Crippen LogP contribution in [0, 0.1) is 6.92 Å². The van der Waals surface area contributed by atoms with Crippen LogP contribution in [0.15, 0.2) is 60.2 Å². The molecule has 1 heterocycles. The maximum absolute atomic E-state index is 13.5. The molecule has 3 aromatic rings. The van der Waals surface area contributed by atoms with Crippen molar-refractivity contribution in [1.82, 2.24) is 0 Å². The fourth-order valence-electron chi connectivity index (χ4n) is 4.48. The van der Waals surface area contributed by atoms with Crippen LogP contribution in [0.25, 0.3) is 5.76 Å². The summed E-state index contributed by atoms with van der Waals surface area (Å²) >= 11 is 6.15. The molecular weight excluding hydrogens is 498 g/mol. The van der Waals surface area contributed by atoms with Crippen LogP contribution in [0.1, 0.15) is 29.7 Å². The minimum atomic E-state index is -1.06. The van der Waals surface area contributed by atoms with Crippen LogP contribution in [0.4, 0.5) is 5.69 Å². The van der Waals surface area contributed by atoms with Crippen molar-refractivity contribution in [3.8, 4) is 23.0 Å². The number of halogens is 1. The van der Waals surface area contributed by atoms with E-state index in [1.54, 1.807) is 62.4 Å². The summed E-state index contributed by atoms with van der Waals surface area (Å²) in [6.07, 6.45) is 0. The number of ketones is 1. The van der Waals surface area contributed by atoms with Gasteiger partial charge in [0.1, 0.15) is 22.8 Å². The smallest absolute Gasteiger partial charge is 0.300 e. The molecule has 1 atom stereocenters. The third-order valence-corrected chi connectivity index (χ3v) is 6.36. The minimum absolute atomic E-state index is 0.100. The number of Topliss-reactive ketones (excluding diaryl/α,β-unsaturated/α-hetero) is 1. The van der Waals surface area contributed by atoms with E-state index in [1.165, 1.54) is 25.2 Å². The van der Waals surface area contributed by atoms with Gasteiger partial charge in [0, 0.05) is 10.7 Å². The molecule has 1 saturated heterocycles. The topological polar surface area (TPSA) is 106 Å². The molecule has 3 aromatic carbocycles. The highest BCUT2D eigenvalue weighted by atomic mass is 35.5. The lowest BCUT2D eigenvalue weighted by Crippen LogP contribution is -2.30. The Morgan fingerprint density at radius 3 is 2.27 bits per heavy atom. The lowest BCUT2D eigenvalue weighted by molar-refractivity contribution is -0.132. The molecule has 1 fully saturated rings. The average Bonchev–Trinajstić information content (AvgIpc) is 3.14. The molecule has 2 N–H and O–H groups in total. The summed E-state index contributed by atoms with van der Waals surface area (Å²) in [5, 5.41) is 22.3. The molecule has 9 heteroatoms. The van der Waals surface area contributed by atoms with Crippen LogP contribution in [0.2, 0.25) is 5.02 Å². The number of phenols is 1. The number of hydrogen-bond donors (Lipinski definition) is 2. The highest BCUT2D eigenvalue weighted by Gasteiger charge is 2.48. The number of anilines is 1. The van der Waals surface area contributed by atoms with E-state index >= 15 is 0 Å². The van der Waals surface area contributed by atoms with E-state index in [1.807, 2.05) is 0 Å². The van der Waals surface area contributed by atoms with Gasteiger partial charge in [-0.1, -0.05) is 23.7 Å². The standard InChI is InChI=1S/C28H26ClNO7/c1-5-37-22-14-16(9-12-19(22)31)25-24(26(32)23-20(35-3)7-6-8-21(23)36-4)27(33)28(34)30(25)18-11-10-17(29)13-15(18)2/h6-14,25,31-32H,5H2,1-4H3/b26-24+. The van der Waals surface area contributed by atoms with E-state index < -0.39 is 23.5 Å². The molecule has 1 aliphatic heterocycles. The molecule has 1 unspecified atom stereocenters. The van der Waals surface area contributed by atoms with E-state index in [-0.39, 0.29) is 40.7 Å². The molecule has 8 nitrogen and oxygen atoms in total. The first kappa shape index (κ1) is 25.9. The first-order chi connectivity index (χ1) is 17.7. The molecule has 192 valence electrons. The Bertz CT molecular complexity index is 1390. The maximum Gasteiger partial charge on any atom is 0.300 e.